The molecule has 0 amide bonds. The molecule has 0 N–H and O–H groups in total. The molecule has 0 aromatic rings. The first-order valence-corrected chi connectivity index (χ1v) is 6.93. The van der Waals surface area contributed by atoms with E-state index in [1.54, 1.807) is 6.92 Å². The number of hydrogen-bond donors (Lipinski definition) is 0. The second-order valence-corrected chi connectivity index (χ2v) is 4.88. The van der Waals surface area contributed by atoms with Crippen LogP contribution in [-0.4, -0.2) is 19.1 Å². The third kappa shape index (κ3) is 14.9. The van der Waals surface area contributed by atoms with Gasteiger partial charge in [-0.15, -0.1) is 0 Å². The second-order valence-electron chi connectivity index (χ2n) is 3.87. The normalized spacial score (nSPS) is 13.2. The van der Waals surface area contributed by atoms with Gasteiger partial charge < -0.3 is 4.55 Å². The first-order valence-electron chi connectivity index (χ1n) is 5.60. The number of hydrogen-bond acceptors (Lipinski definition) is 4. The molecule has 0 heterocycles. The minimum absolute atomic E-state index is 0. The summed E-state index contributed by atoms with van der Waals surface area (Å²) < 4.78 is 35.0. The summed E-state index contributed by atoms with van der Waals surface area (Å²) in [5.74, 6) is 0. The molecule has 0 unspecified atom stereocenters. The third-order valence-electron chi connectivity index (χ3n) is 2.25. The van der Waals surface area contributed by atoms with E-state index in [9.17, 15) is 13.0 Å². The molecule has 0 aliphatic carbocycles. The van der Waals surface area contributed by atoms with Gasteiger partial charge in [-0.3, -0.25) is 4.18 Å². The van der Waals surface area contributed by atoms with Crippen molar-refractivity contribution in [1.29, 1.82) is 0 Å². The molecular formula is C10H21NaO4S. The van der Waals surface area contributed by atoms with Crippen LogP contribution in [0.5, 0.6) is 0 Å². The Morgan fingerprint density at radius 3 is 2.12 bits per heavy atom. The maximum absolute atomic E-state index is 10.2. The summed E-state index contributed by atoms with van der Waals surface area (Å²) in [4.78, 5) is 0. The van der Waals surface area contributed by atoms with E-state index in [0.717, 1.165) is 12.8 Å². The second kappa shape index (κ2) is 11.0. The molecule has 6 heteroatoms. The SMILES string of the molecule is CCCCCCCC[C@@H](C)OS(=O)(=O)[O-].[Na+]. The Bertz CT molecular complexity index is 241. The molecule has 0 fully saturated rings. The van der Waals surface area contributed by atoms with Crippen LogP contribution >= 0.6 is 0 Å². The molecule has 0 bridgehead atoms. The van der Waals surface area contributed by atoms with E-state index < -0.39 is 16.5 Å². The molecule has 0 spiro atoms. The molecule has 0 aliphatic heterocycles. The van der Waals surface area contributed by atoms with Gasteiger partial charge >= 0.3 is 29.6 Å². The Labute approximate surface area is 121 Å². The van der Waals surface area contributed by atoms with Gasteiger partial charge in [-0.2, -0.15) is 0 Å². The summed E-state index contributed by atoms with van der Waals surface area (Å²) >= 11 is 0. The smallest absolute Gasteiger partial charge is 0.726 e. The van der Waals surface area contributed by atoms with Gasteiger partial charge in [0.15, 0.2) is 0 Å². The zero-order valence-corrected chi connectivity index (χ0v) is 13.4. The average Bonchev–Trinajstić information content (AvgIpc) is 2.08. The Balaban J connectivity index is 0. The molecule has 0 saturated carbocycles. The van der Waals surface area contributed by atoms with Crippen molar-refractivity contribution in [2.24, 2.45) is 0 Å². The van der Waals surface area contributed by atoms with Crippen molar-refractivity contribution < 1.29 is 46.7 Å². The van der Waals surface area contributed by atoms with Crippen LogP contribution in [0.25, 0.3) is 0 Å². The predicted octanol–water partition coefficient (Wildman–Crippen LogP) is -0.394. The monoisotopic (exact) mass is 260 g/mol. The summed E-state index contributed by atoms with van der Waals surface area (Å²) in [6.45, 7) is 3.77. The van der Waals surface area contributed by atoms with Crippen molar-refractivity contribution in [2.75, 3.05) is 0 Å². The van der Waals surface area contributed by atoms with E-state index >= 15 is 0 Å². The van der Waals surface area contributed by atoms with Gasteiger partial charge in [0.2, 0.25) is 10.4 Å². The van der Waals surface area contributed by atoms with Gasteiger partial charge in [0.05, 0.1) is 6.10 Å². The van der Waals surface area contributed by atoms with E-state index in [0.29, 0.717) is 6.42 Å². The molecule has 0 aromatic heterocycles. The van der Waals surface area contributed by atoms with Crippen molar-refractivity contribution in [3.8, 4) is 0 Å². The average molecular weight is 260 g/mol. The Morgan fingerprint density at radius 1 is 1.12 bits per heavy atom. The molecule has 0 saturated heterocycles. The fourth-order valence-electron chi connectivity index (χ4n) is 1.46. The summed E-state index contributed by atoms with van der Waals surface area (Å²) in [5, 5.41) is 0. The molecule has 4 nitrogen and oxygen atoms in total. The standard InChI is InChI=1S/C10H22O4S.Na/c1-3-4-5-6-7-8-9-10(2)14-15(11,12)13;/h10H,3-9H2,1-2H3,(H,11,12,13);/q;+1/p-1/t10-;/m1./s1. The molecule has 16 heavy (non-hydrogen) atoms. The minimum atomic E-state index is -4.52. The Hall–Kier alpha value is 0.870. The third-order valence-corrected chi connectivity index (χ3v) is 2.81. The van der Waals surface area contributed by atoms with Gasteiger partial charge in [-0.25, -0.2) is 8.42 Å². The van der Waals surface area contributed by atoms with E-state index in [1.165, 1.54) is 25.7 Å². The molecule has 0 radical (unpaired) electrons. The molecule has 0 aromatic carbocycles. The van der Waals surface area contributed by atoms with Crippen molar-refractivity contribution in [3.63, 3.8) is 0 Å². The zero-order valence-electron chi connectivity index (χ0n) is 10.6. The van der Waals surface area contributed by atoms with Gasteiger partial charge in [0.1, 0.15) is 0 Å². The van der Waals surface area contributed by atoms with Crippen molar-refractivity contribution in [2.45, 2.75) is 64.9 Å². The van der Waals surface area contributed by atoms with E-state index in [1.807, 2.05) is 0 Å². The molecule has 92 valence electrons. The van der Waals surface area contributed by atoms with Crippen LogP contribution in [0.1, 0.15) is 58.8 Å². The zero-order chi connectivity index (χ0) is 11.7. The maximum Gasteiger partial charge on any atom is 1.00 e. The fourth-order valence-corrected chi connectivity index (χ4v) is 1.96. The van der Waals surface area contributed by atoms with Gasteiger partial charge in [0, 0.05) is 0 Å². The first-order chi connectivity index (χ1) is 6.95. The first kappa shape index (κ1) is 19.2. The van der Waals surface area contributed by atoms with Crippen LogP contribution in [0.15, 0.2) is 0 Å². The van der Waals surface area contributed by atoms with Crippen LogP contribution in [0.3, 0.4) is 0 Å². The van der Waals surface area contributed by atoms with Crippen LogP contribution < -0.4 is 29.6 Å². The van der Waals surface area contributed by atoms with Gasteiger partial charge in [-0.05, 0) is 13.3 Å². The predicted molar refractivity (Wildman–Crippen MR) is 58.2 cm³/mol. The van der Waals surface area contributed by atoms with Crippen LogP contribution in [0.2, 0.25) is 0 Å². The fraction of sp³-hybridized carbons (Fsp3) is 1.00. The van der Waals surface area contributed by atoms with Crippen molar-refractivity contribution in [3.05, 3.63) is 0 Å². The Morgan fingerprint density at radius 2 is 1.62 bits per heavy atom. The van der Waals surface area contributed by atoms with Crippen molar-refractivity contribution >= 4 is 10.4 Å². The minimum Gasteiger partial charge on any atom is -0.726 e. The quantitative estimate of drug-likeness (QED) is 0.245. The maximum atomic E-state index is 10.2. The number of rotatable bonds is 9. The van der Waals surface area contributed by atoms with Crippen molar-refractivity contribution in [1.82, 2.24) is 0 Å². The van der Waals surface area contributed by atoms with E-state index in [2.05, 4.69) is 11.1 Å². The van der Waals surface area contributed by atoms with Gasteiger partial charge in [-0.1, -0.05) is 45.4 Å². The number of unbranched alkanes of at least 4 members (excludes halogenated alkanes) is 5. The van der Waals surface area contributed by atoms with Gasteiger partial charge in [0.25, 0.3) is 0 Å². The molecule has 0 aliphatic rings. The van der Waals surface area contributed by atoms with Crippen LogP contribution in [-0.2, 0) is 14.6 Å². The van der Waals surface area contributed by atoms with E-state index in [4.69, 9.17) is 0 Å². The summed E-state index contributed by atoms with van der Waals surface area (Å²) in [7, 11) is -4.52. The van der Waals surface area contributed by atoms with E-state index in [-0.39, 0.29) is 29.6 Å². The topological polar surface area (TPSA) is 66.4 Å². The van der Waals surface area contributed by atoms with Crippen LogP contribution in [0.4, 0.5) is 0 Å². The summed E-state index contributed by atoms with van der Waals surface area (Å²) in [5.41, 5.74) is 0. The molecular weight excluding hydrogens is 239 g/mol. The molecule has 1 atom stereocenters. The molecule has 0 rings (SSSR count). The largest absolute Gasteiger partial charge is 1.00 e. The summed E-state index contributed by atoms with van der Waals surface area (Å²) in [6.07, 6.45) is 7.00. The van der Waals surface area contributed by atoms with Crippen LogP contribution in [0, 0.1) is 0 Å². The summed E-state index contributed by atoms with van der Waals surface area (Å²) in [6, 6.07) is 0. The Kier molecular flexibility index (Phi) is 13.2.